The van der Waals surface area contributed by atoms with Gasteiger partial charge in [0.25, 0.3) is 0 Å². The van der Waals surface area contributed by atoms with E-state index in [0.29, 0.717) is 11.8 Å². The van der Waals surface area contributed by atoms with Crippen molar-refractivity contribution in [3.8, 4) is 11.5 Å². The van der Waals surface area contributed by atoms with Crippen LogP contribution in [0.25, 0.3) is 11.5 Å². The molecule has 0 amide bonds. The first-order valence-electron chi connectivity index (χ1n) is 6.45. The van der Waals surface area contributed by atoms with Gasteiger partial charge in [-0.25, -0.2) is 4.39 Å². The predicted molar refractivity (Wildman–Crippen MR) is 71.1 cm³/mol. The Hall–Kier alpha value is -1.75. The Balaban J connectivity index is 2.20. The number of rotatable bonds is 5. The van der Waals surface area contributed by atoms with Gasteiger partial charge in [-0.15, -0.1) is 10.2 Å². The highest BCUT2D eigenvalue weighted by Gasteiger charge is 2.15. The number of benzene rings is 1. The summed E-state index contributed by atoms with van der Waals surface area (Å²) in [4.78, 5) is 0. The van der Waals surface area contributed by atoms with Gasteiger partial charge in [0.05, 0.1) is 6.04 Å². The van der Waals surface area contributed by atoms with Crippen molar-refractivity contribution in [2.24, 2.45) is 0 Å². The first-order valence-corrected chi connectivity index (χ1v) is 6.45. The van der Waals surface area contributed by atoms with Crippen molar-refractivity contribution in [2.75, 3.05) is 6.54 Å². The van der Waals surface area contributed by atoms with E-state index in [4.69, 9.17) is 4.42 Å². The largest absolute Gasteiger partial charge is 0.419 e. The molecule has 0 bridgehead atoms. The van der Waals surface area contributed by atoms with Crippen LogP contribution in [0.5, 0.6) is 0 Å². The van der Waals surface area contributed by atoms with Gasteiger partial charge in [-0.3, -0.25) is 0 Å². The van der Waals surface area contributed by atoms with Gasteiger partial charge in [0.2, 0.25) is 11.8 Å². The third-order valence-electron chi connectivity index (χ3n) is 2.93. The van der Waals surface area contributed by atoms with E-state index in [9.17, 15) is 4.39 Å². The van der Waals surface area contributed by atoms with Crippen molar-refractivity contribution in [3.05, 3.63) is 35.5 Å². The Bertz CT molecular complexity index is 553. The third kappa shape index (κ3) is 3.17. The lowest BCUT2D eigenvalue weighted by atomic mass is 10.1. The molecule has 1 heterocycles. The minimum Gasteiger partial charge on any atom is -0.419 e. The highest BCUT2D eigenvalue weighted by Crippen LogP contribution is 2.24. The molecule has 0 aliphatic rings. The number of aryl methyl sites for hydroxylation is 1. The molecule has 1 aromatic carbocycles. The standard InChI is InChI=1S/C14H18FN3O/c1-4-7-16-10(3)13-17-18-14(19-13)12-6-5-11(15)8-9(12)2/h5-6,8,10,16H,4,7H2,1-3H3. The van der Waals surface area contributed by atoms with Gasteiger partial charge in [-0.1, -0.05) is 6.92 Å². The second-order valence-electron chi connectivity index (χ2n) is 4.58. The summed E-state index contributed by atoms with van der Waals surface area (Å²) in [5.41, 5.74) is 1.55. The highest BCUT2D eigenvalue weighted by molar-refractivity contribution is 5.57. The van der Waals surface area contributed by atoms with E-state index in [-0.39, 0.29) is 11.9 Å². The van der Waals surface area contributed by atoms with E-state index in [2.05, 4.69) is 22.4 Å². The monoisotopic (exact) mass is 263 g/mol. The van der Waals surface area contributed by atoms with Gasteiger partial charge in [0, 0.05) is 5.56 Å². The summed E-state index contributed by atoms with van der Waals surface area (Å²) in [6.45, 7) is 6.79. The lowest BCUT2D eigenvalue weighted by molar-refractivity contribution is 0.423. The topological polar surface area (TPSA) is 51.0 Å². The van der Waals surface area contributed by atoms with E-state index in [1.165, 1.54) is 12.1 Å². The summed E-state index contributed by atoms with van der Waals surface area (Å²) in [5, 5.41) is 11.3. The summed E-state index contributed by atoms with van der Waals surface area (Å²) in [6.07, 6.45) is 1.04. The van der Waals surface area contributed by atoms with Crippen molar-refractivity contribution in [3.63, 3.8) is 0 Å². The van der Waals surface area contributed by atoms with Crippen molar-refractivity contribution < 1.29 is 8.81 Å². The molecule has 2 rings (SSSR count). The zero-order valence-corrected chi connectivity index (χ0v) is 11.4. The van der Waals surface area contributed by atoms with Gasteiger partial charge in [-0.2, -0.15) is 0 Å². The highest BCUT2D eigenvalue weighted by atomic mass is 19.1. The Kier molecular flexibility index (Phi) is 4.27. The van der Waals surface area contributed by atoms with Crippen LogP contribution in [0.3, 0.4) is 0 Å². The fourth-order valence-corrected chi connectivity index (χ4v) is 1.83. The molecule has 19 heavy (non-hydrogen) atoms. The molecule has 0 spiro atoms. The zero-order chi connectivity index (χ0) is 13.8. The smallest absolute Gasteiger partial charge is 0.248 e. The summed E-state index contributed by atoms with van der Waals surface area (Å²) in [7, 11) is 0. The molecular weight excluding hydrogens is 245 g/mol. The molecule has 0 saturated heterocycles. The van der Waals surface area contributed by atoms with E-state index in [1.54, 1.807) is 6.07 Å². The van der Waals surface area contributed by atoms with Crippen LogP contribution in [0.15, 0.2) is 22.6 Å². The number of hydrogen-bond acceptors (Lipinski definition) is 4. The van der Waals surface area contributed by atoms with Crippen molar-refractivity contribution in [1.82, 2.24) is 15.5 Å². The molecule has 1 N–H and O–H groups in total. The quantitative estimate of drug-likeness (QED) is 0.899. The van der Waals surface area contributed by atoms with Crippen LogP contribution in [-0.2, 0) is 0 Å². The molecule has 0 aliphatic heterocycles. The number of nitrogens with one attached hydrogen (secondary N) is 1. The SMILES string of the molecule is CCCNC(C)c1nnc(-c2ccc(F)cc2C)o1. The second-order valence-corrected chi connectivity index (χ2v) is 4.58. The molecule has 5 heteroatoms. The third-order valence-corrected chi connectivity index (χ3v) is 2.93. The average Bonchev–Trinajstić information content (AvgIpc) is 2.85. The average molecular weight is 263 g/mol. The first kappa shape index (κ1) is 13.7. The van der Waals surface area contributed by atoms with E-state index >= 15 is 0 Å². The van der Waals surface area contributed by atoms with Crippen molar-refractivity contribution >= 4 is 0 Å². The van der Waals surface area contributed by atoms with Crippen LogP contribution >= 0.6 is 0 Å². The molecule has 1 atom stereocenters. The van der Waals surface area contributed by atoms with Gasteiger partial charge in [0.15, 0.2) is 0 Å². The van der Waals surface area contributed by atoms with Gasteiger partial charge < -0.3 is 9.73 Å². The Morgan fingerprint density at radius 1 is 1.37 bits per heavy atom. The summed E-state index contributed by atoms with van der Waals surface area (Å²) < 4.78 is 18.7. The lowest BCUT2D eigenvalue weighted by Gasteiger charge is -2.07. The number of hydrogen-bond donors (Lipinski definition) is 1. The molecule has 102 valence electrons. The van der Waals surface area contributed by atoms with Crippen LogP contribution < -0.4 is 5.32 Å². The number of halogens is 1. The Labute approximate surface area is 112 Å². The fourth-order valence-electron chi connectivity index (χ4n) is 1.83. The van der Waals surface area contributed by atoms with Crippen LogP contribution in [0.4, 0.5) is 4.39 Å². The molecular formula is C14H18FN3O. The van der Waals surface area contributed by atoms with Gasteiger partial charge >= 0.3 is 0 Å². The number of nitrogens with zero attached hydrogens (tertiary/aromatic N) is 2. The Morgan fingerprint density at radius 2 is 2.16 bits per heavy atom. The fraction of sp³-hybridized carbons (Fsp3) is 0.429. The normalized spacial score (nSPS) is 12.6. The minimum atomic E-state index is -0.265. The molecule has 1 aromatic heterocycles. The Morgan fingerprint density at radius 3 is 2.84 bits per heavy atom. The molecule has 0 fully saturated rings. The summed E-state index contributed by atoms with van der Waals surface area (Å²) in [6, 6.07) is 4.52. The zero-order valence-electron chi connectivity index (χ0n) is 11.4. The lowest BCUT2D eigenvalue weighted by Crippen LogP contribution is -2.19. The second kappa shape index (κ2) is 5.93. The van der Waals surface area contributed by atoms with Crippen LogP contribution in [0, 0.1) is 12.7 Å². The summed E-state index contributed by atoms with van der Waals surface area (Å²) in [5.74, 6) is 0.712. The van der Waals surface area contributed by atoms with E-state index < -0.39 is 0 Å². The van der Waals surface area contributed by atoms with Crippen molar-refractivity contribution in [2.45, 2.75) is 33.2 Å². The van der Waals surface area contributed by atoms with Crippen LogP contribution in [-0.4, -0.2) is 16.7 Å². The van der Waals surface area contributed by atoms with Crippen molar-refractivity contribution in [1.29, 1.82) is 0 Å². The predicted octanol–water partition coefficient (Wildman–Crippen LogP) is 3.24. The van der Waals surface area contributed by atoms with Crippen LogP contribution in [0.1, 0.15) is 37.8 Å². The minimum absolute atomic E-state index is 0.0157. The number of aromatic nitrogens is 2. The molecule has 0 radical (unpaired) electrons. The molecule has 0 saturated carbocycles. The maximum absolute atomic E-state index is 13.1. The summed E-state index contributed by atoms with van der Waals surface area (Å²) >= 11 is 0. The molecule has 0 aliphatic carbocycles. The maximum atomic E-state index is 13.1. The van der Waals surface area contributed by atoms with Gasteiger partial charge in [-0.05, 0) is 50.6 Å². The first-order chi connectivity index (χ1) is 9.11. The molecule has 1 unspecified atom stereocenters. The van der Waals surface area contributed by atoms with E-state index in [1.807, 2.05) is 13.8 Å². The van der Waals surface area contributed by atoms with E-state index in [0.717, 1.165) is 24.1 Å². The maximum Gasteiger partial charge on any atom is 0.248 e. The molecule has 4 nitrogen and oxygen atoms in total. The molecule has 2 aromatic rings. The van der Waals surface area contributed by atoms with Gasteiger partial charge in [0.1, 0.15) is 5.82 Å². The van der Waals surface area contributed by atoms with Crippen LogP contribution in [0.2, 0.25) is 0 Å².